The third-order valence-corrected chi connectivity index (χ3v) is 8.10. The minimum atomic E-state index is -0.851. The number of ether oxygens (including phenoxy) is 2. The standard InChI is InChI=1S/C31H27O4S/c1-31(2,28-21-34-29-16-10-9-15-27(28)29)35-30(32)22-33-23-17-19-26(20-18-23)36(24-11-5-3-6-12-24)25-13-7-4-8-14-25/h3-21H,22H2,1-2H3/q+1. The summed E-state index contributed by atoms with van der Waals surface area (Å²) >= 11 is 0. The van der Waals surface area contributed by atoms with Crippen LogP contribution in [0.1, 0.15) is 19.4 Å². The van der Waals surface area contributed by atoms with Crippen molar-refractivity contribution < 1.29 is 18.7 Å². The number of fused-ring (bicyclic) bond motifs is 1. The first-order chi connectivity index (χ1) is 17.5. The molecule has 180 valence electrons. The summed E-state index contributed by atoms with van der Waals surface area (Å²) in [7, 11) is -0.234. The molecule has 0 saturated heterocycles. The number of hydrogen-bond donors (Lipinski definition) is 0. The molecule has 0 N–H and O–H groups in total. The van der Waals surface area contributed by atoms with Gasteiger partial charge in [-0.25, -0.2) is 4.79 Å². The van der Waals surface area contributed by atoms with E-state index < -0.39 is 11.6 Å². The van der Waals surface area contributed by atoms with E-state index in [-0.39, 0.29) is 17.5 Å². The number of esters is 1. The van der Waals surface area contributed by atoms with Gasteiger partial charge in [0.25, 0.3) is 0 Å². The molecule has 0 bridgehead atoms. The van der Waals surface area contributed by atoms with E-state index in [4.69, 9.17) is 13.9 Å². The molecule has 0 fully saturated rings. The highest BCUT2D eigenvalue weighted by Gasteiger charge is 2.30. The fourth-order valence-corrected chi connectivity index (χ4v) is 6.23. The Morgan fingerprint density at radius 1 is 0.750 bits per heavy atom. The van der Waals surface area contributed by atoms with Gasteiger partial charge in [0.05, 0.1) is 17.2 Å². The van der Waals surface area contributed by atoms with Crippen LogP contribution in [0.2, 0.25) is 0 Å². The third kappa shape index (κ3) is 5.16. The van der Waals surface area contributed by atoms with Crippen LogP contribution in [0.4, 0.5) is 0 Å². The molecule has 0 spiro atoms. The predicted molar refractivity (Wildman–Crippen MR) is 142 cm³/mol. The van der Waals surface area contributed by atoms with Gasteiger partial charge >= 0.3 is 5.97 Å². The van der Waals surface area contributed by atoms with Crippen LogP contribution >= 0.6 is 0 Å². The number of carbonyl (C=O) groups excluding carboxylic acids is 1. The largest absolute Gasteiger partial charge is 0.482 e. The summed E-state index contributed by atoms with van der Waals surface area (Å²) in [5.74, 6) is 0.176. The number of carbonyl (C=O) groups is 1. The maximum atomic E-state index is 12.6. The van der Waals surface area contributed by atoms with E-state index in [9.17, 15) is 4.79 Å². The van der Waals surface area contributed by atoms with Gasteiger partial charge in [0.15, 0.2) is 21.3 Å². The zero-order chi connectivity index (χ0) is 25.0. The van der Waals surface area contributed by atoms with Gasteiger partial charge in [-0.2, -0.15) is 0 Å². The molecular weight excluding hydrogens is 468 g/mol. The van der Waals surface area contributed by atoms with Gasteiger partial charge in [0, 0.05) is 10.9 Å². The molecule has 1 aromatic heterocycles. The SMILES string of the molecule is CC(C)(OC(=O)COc1ccc([S+](c2ccccc2)c2ccccc2)cc1)c1coc2ccccc12. The van der Waals surface area contributed by atoms with Crippen LogP contribution < -0.4 is 4.74 Å². The van der Waals surface area contributed by atoms with Crippen LogP contribution in [-0.2, 0) is 26.0 Å². The van der Waals surface area contributed by atoms with Gasteiger partial charge in [0.2, 0.25) is 0 Å². The Balaban J connectivity index is 1.26. The molecule has 0 aliphatic carbocycles. The molecular formula is C31H27O4S+. The lowest BCUT2D eigenvalue weighted by Gasteiger charge is -2.24. The van der Waals surface area contributed by atoms with E-state index in [2.05, 4.69) is 60.7 Å². The summed E-state index contributed by atoms with van der Waals surface area (Å²) in [5.41, 5.74) is 0.735. The van der Waals surface area contributed by atoms with Gasteiger partial charge in [-0.1, -0.05) is 54.6 Å². The maximum Gasteiger partial charge on any atom is 0.345 e. The second-order valence-electron chi connectivity index (χ2n) is 8.82. The highest BCUT2D eigenvalue weighted by Crippen LogP contribution is 2.34. The molecule has 5 heteroatoms. The summed E-state index contributed by atoms with van der Waals surface area (Å²) in [6.45, 7) is 3.53. The molecule has 5 aromatic rings. The van der Waals surface area contributed by atoms with E-state index in [0.29, 0.717) is 5.75 Å². The molecule has 0 radical (unpaired) electrons. The molecule has 0 aliphatic rings. The highest BCUT2D eigenvalue weighted by atomic mass is 32.2. The molecule has 0 saturated carbocycles. The Hall–Kier alpha value is -3.96. The number of rotatable bonds is 8. The molecule has 0 unspecified atom stereocenters. The molecule has 5 rings (SSSR count). The van der Waals surface area contributed by atoms with Crippen molar-refractivity contribution in [3.05, 3.63) is 121 Å². The Kier molecular flexibility index (Phi) is 6.83. The van der Waals surface area contributed by atoms with E-state index >= 15 is 0 Å². The van der Waals surface area contributed by atoms with Crippen molar-refractivity contribution in [2.75, 3.05) is 6.61 Å². The summed E-state index contributed by atoms with van der Waals surface area (Å²) in [4.78, 5) is 16.3. The zero-order valence-corrected chi connectivity index (χ0v) is 21.0. The van der Waals surface area contributed by atoms with Crippen LogP contribution in [0.25, 0.3) is 11.0 Å². The molecule has 36 heavy (non-hydrogen) atoms. The van der Waals surface area contributed by atoms with E-state index in [1.165, 1.54) is 14.7 Å². The summed E-state index contributed by atoms with van der Waals surface area (Å²) in [5, 5.41) is 0.930. The molecule has 4 nitrogen and oxygen atoms in total. The lowest BCUT2D eigenvalue weighted by molar-refractivity contribution is -0.159. The van der Waals surface area contributed by atoms with Crippen LogP contribution in [-0.4, -0.2) is 12.6 Å². The van der Waals surface area contributed by atoms with E-state index in [0.717, 1.165) is 16.5 Å². The Labute approximate surface area is 213 Å². The smallest absolute Gasteiger partial charge is 0.345 e. The van der Waals surface area contributed by atoms with Crippen molar-refractivity contribution in [2.45, 2.75) is 34.1 Å². The molecule has 1 heterocycles. The Morgan fingerprint density at radius 3 is 1.94 bits per heavy atom. The first-order valence-electron chi connectivity index (χ1n) is 11.8. The molecule has 0 amide bonds. The normalized spacial score (nSPS) is 11.5. The quantitative estimate of drug-likeness (QED) is 0.166. The van der Waals surface area contributed by atoms with Gasteiger partial charge in [0.1, 0.15) is 16.9 Å². The molecule has 0 atom stereocenters. The Bertz CT molecular complexity index is 1400. The van der Waals surface area contributed by atoms with Crippen molar-refractivity contribution in [3.8, 4) is 5.75 Å². The predicted octanol–water partition coefficient (Wildman–Crippen LogP) is 7.39. The third-order valence-electron chi connectivity index (χ3n) is 5.87. The van der Waals surface area contributed by atoms with Crippen LogP contribution in [0.15, 0.2) is 135 Å². The van der Waals surface area contributed by atoms with Crippen molar-refractivity contribution in [1.82, 2.24) is 0 Å². The number of benzene rings is 4. The average molecular weight is 496 g/mol. The van der Waals surface area contributed by atoms with Crippen LogP contribution in [0, 0.1) is 0 Å². The topological polar surface area (TPSA) is 48.7 Å². The zero-order valence-electron chi connectivity index (χ0n) is 20.2. The first-order valence-corrected chi connectivity index (χ1v) is 13.0. The monoisotopic (exact) mass is 495 g/mol. The van der Waals surface area contributed by atoms with Crippen molar-refractivity contribution in [3.63, 3.8) is 0 Å². The lowest BCUT2D eigenvalue weighted by Crippen LogP contribution is -2.28. The van der Waals surface area contributed by atoms with Crippen molar-refractivity contribution >= 4 is 27.8 Å². The Morgan fingerprint density at radius 2 is 1.31 bits per heavy atom. The van der Waals surface area contributed by atoms with Crippen LogP contribution in [0.5, 0.6) is 5.75 Å². The first kappa shape index (κ1) is 23.8. The van der Waals surface area contributed by atoms with E-state index in [1.54, 1.807) is 6.26 Å². The summed E-state index contributed by atoms with van der Waals surface area (Å²) < 4.78 is 17.2. The average Bonchev–Trinajstić information content (AvgIpc) is 3.35. The minimum absolute atomic E-state index is 0.179. The second kappa shape index (κ2) is 10.3. The van der Waals surface area contributed by atoms with Crippen molar-refractivity contribution in [2.24, 2.45) is 0 Å². The molecule has 0 aliphatic heterocycles. The lowest BCUT2D eigenvalue weighted by atomic mass is 9.97. The van der Waals surface area contributed by atoms with Gasteiger partial charge in [-0.15, -0.1) is 0 Å². The summed E-state index contributed by atoms with van der Waals surface area (Å²) in [6, 6.07) is 36.6. The number of para-hydroxylation sites is 1. The van der Waals surface area contributed by atoms with Gasteiger partial charge in [-0.3, -0.25) is 0 Å². The number of furan rings is 1. The fourth-order valence-electron chi connectivity index (χ4n) is 4.15. The fraction of sp³-hybridized carbons (Fsp3) is 0.129. The number of hydrogen-bond acceptors (Lipinski definition) is 4. The van der Waals surface area contributed by atoms with E-state index in [1.807, 2.05) is 62.4 Å². The maximum absolute atomic E-state index is 12.6. The van der Waals surface area contributed by atoms with Gasteiger partial charge < -0.3 is 13.9 Å². The minimum Gasteiger partial charge on any atom is -0.482 e. The highest BCUT2D eigenvalue weighted by molar-refractivity contribution is 7.97. The van der Waals surface area contributed by atoms with Crippen molar-refractivity contribution in [1.29, 1.82) is 0 Å². The summed E-state index contributed by atoms with van der Waals surface area (Å²) in [6.07, 6.45) is 1.65. The second-order valence-corrected chi connectivity index (χ2v) is 10.8. The molecule has 4 aromatic carbocycles. The van der Waals surface area contributed by atoms with Crippen LogP contribution in [0.3, 0.4) is 0 Å². The van der Waals surface area contributed by atoms with Gasteiger partial charge in [-0.05, 0) is 68.4 Å².